The predicted octanol–water partition coefficient (Wildman–Crippen LogP) is 4.84. The Morgan fingerprint density at radius 3 is 2.47 bits per heavy atom. The number of nitrogens with zero attached hydrogens (tertiary/aromatic N) is 2. The lowest BCUT2D eigenvalue weighted by Crippen LogP contribution is -2.13. The highest BCUT2D eigenvalue weighted by molar-refractivity contribution is 7.92. The van der Waals surface area contributed by atoms with Gasteiger partial charge in [-0.3, -0.25) is 9.52 Å². The number of aromatic nitrogens is 2. The molecule has 4 aromatic rings. The maximum Gasteiger partial charge on any atom is 0.261 e. The Labute approximate surface area is 201 Å². The molecule has 8 nitrogen and oxygen atoms in total. The van der Waals surface area contributed by atoms with E-state index in [4.69, 9.17) is 11.6 Å². The average molecular weight is 492 g/mol. The number of hydrogen-bond donors (Lipinski definition) is 3. The smallest absolute Gasteiger partial charge is 0.261 e. The standard InChI is InChI=1S/C24H18ClN5O3S/c25-16-6-11-20-21(13-16)28-22(31)12-15-14-26-24(29-23(15)20)27-17-7-9-19(10-8-17)34(32,33)30-18-4-2-1-3-5-18/h1-11,13-14,30H,12H2,(H,28,31)(H,26,27,29). The molecule has 34 heavy (non-hydrogen) atoms. The first kappa shape index (κ1) is 21.9. The van der Waals surface area contributed by atoms with Crippen molar-refractivity contribution >= 4 is 50.5 Å². The van der Waals surface area contributed by atoms with E-state index >= 15 is 0 Å². The molecule has 0 radical (unpaired) electrons. The molecule has 1 aromatic heterocycles. The van der Waals surface area contributed by atoms with Gasteiger partial charge in [0.1, 0.15) is 0 Å². The number of nitrogens with one attached hydrogen (secondary N) is 3. The van der Waals surface area contributed by atoms with Crippen molar-refractivity contribution in [3.63, 3.8) is 0 Å². The van der Waals surface area contributed by atoms with Gasteiger partial charge >= 0.3 is 0 Å². The van der Waals surface area contributed by atoms with Gasteiger partial charge in [0, 0.05) is 33.7 Å². The van der Waals surface area contributed by atoms with Crippen LogP contribution in [0.2, 0.25) is 5.02 Å². The Hall–Kier alpha value is -3.95. The molecule has 0 unspecified atom stereocenters. The van der Waals surface area contributed by atoms with Gasteiger partial charge in [0.05, 0.1) is 22.7 Å². The molecule has 1 aliphatic rings. The number of fused-ring (bicyclic) bond motifs is 3. The van der Waals surface area contributed by atoms with Crippen molar-refractivity contribution in [1.29, 1.82) is 0 Å². The van der Waals surface area contributed by atoms with Gasteiger partial charge in [0.2, 0.25) is 11.9 Å². The van der Waals surface area contributed by atoms with Gasteiger partial charge < -0.3 is 10.6 Å². The fourth-order valence-corrected chi connectivity index (χ4v) is 4.82. The summed E-state index contributed by atoms with van der Waals surface area (Å²) in [5.41, 5.74) is 3.73. The number of carbonyl (C=O) groups is 1. The quantitative estimate of drug-likeness (QED) is 0.368. The number of benzene rings is 3. The molecular formula is C24H18ClN5O3S. The molecule has 0 saturated heterocycles. The summed E-state index contributed by atoms with van der Waals surface area (Å²) in [7, 11) is -3.72. The Balaban J connectivity index is 1.40. The second-order valence-corrected chi connectivity index (χ2v) is 9.72. The number of halogens is 1. The van der Waals surface area contributed by atoms with Crippen molar-refractivity contribution in [1.82, 2.24) is 9.97 Å². The molecule has 5 rings (SSSR count). The van der Waals surface area contributed by atoms with Crippen LogP contribution in [0.3, 0.4) is 0 Å². The van der Waals surface area contributed by atoms with Crippen LogP contribution in [0.1, 0.15) is 5.56 Å². The number of carbonyl (C=O) groups excluding carboxylic acids is 1. The second-order valence-electron chi connectivity index (χ2n) is 7.60. The molecule has 170 valence electrons. The van der Waals surface area contributed by atoms with Crippen LogP contribution in [0.4, 0.5) is 23.0 Å². The molecule has 1 amide bonds. The van der Waals surface area contributed by atoms with Crippen LogP contribution in [-0.4, -0.2) is 24.3 Å². The van der Waals surface area contributed by atoms with Crippen LogP contribution < -0.4 is 15.4 Å². The van der Waals surface area contributed by atoms with E-state index in [1.807, 2.05) is 6.07 Å². The van der Waals surface area contributed by atoms with Crippen LogP contribution in [0.5, 0.6) is 0 Å². The van der Waals surface area contributed by atoms with E-state index < -0.39 is 10.0 Å². The van der Waals surface area contributed by atoms with Crippen molar-refractivity contribution in [3.05, 3.63) is 89.6 Å². The molecule has 0 spiro atoms. The summed E-state index contributed by atoms with van der Waals surface area (Å²) in [6, 6.07) is 20.2. The highest BCUT2D eigenvalue weighted by Crippen LogP contribution is 2.35. The Morgan fingerprint density at radius 1 is 0.941 bits per heavy atom. The highest BCUT2D eigenvalue weighted by Gasteiger charge is 2.21. The maximum atomic E-state index is 12.6. The number of para-hydroxylation sites is 1. The monoisotopic (exact) mass is 491 g/mol. The summed E-state index contributed by atoms with van der Waals surface area (Å²) in [5.74, 6) is 0.138. The molecule has 0 bridgehead atoms. The number of sulfonamides is 1. The van der Waals surface area contributed by atoms with E-state index in [9.17, 15) is 13.2 Å². The van der Waals surface area contributed by atoms with E-state index in [-0.39, 0.29) is 17.2 Å². The van der Waals surface area contributed by atoms with Crippen LogP contribution in [0.15, 0.2) is 83.9 Å². The highest BCUT2D eigenvalue weighted by atomic mass is 35.5. The lowest BCUT2D eigenvalue weighted by molar-refractivity contribution is -0.115. The van der Waals surface area contributed by atoms with Gasteiger partial charge in [-0.2, -0.15) is 0 Å². The fraction of sp³-hybridized carbons (Fsp3) is 0.0417. The molecule has 10 heteroatoms. The molecule has 2 heterocycles. The topological polar surface area (TPSA) is 113 Å². The summed E-state index contributed by atoms with van der Waals surface area (Å²) in [5, 5.41) is 6.44. The van der Waals surface area contributed by atoms with Crippen LogP contribution >= 0.6 is 11.6 Å². The zero-order valence-electron chi connectivity index (χ0n) is 17.6. The molecule has 3 N–H and O–H groups in total. The Kier molecular flexibility index (Phi) is 5.64. The molecular weight excluding hydrogens is 474 g/mol. The number of amides is 1. The average Bonchev–Trinajstić information content (AvgIpc) is 2.94. The van der Waals surface area contributed by atoms with Crippen molar-refractivity contribution in [2.75, 3.05) is 15.4 Å². The van der Waals surface area contributed by atoms with Gasteiger partial charge in [-0.15, -0.1) is 0 Å². The maximum absolute atomic E-state index is 12.6. The number of rotatable bonds is 5. The van der Waals surface area contributed by atoms with Crippen LogP contribution in [0, 0.1) is 0 Å². The molecule has 0 saturated carbocycles. The first-order chi connectivity index (χ1) is 16.4. The van der Waals surface area contributed by atoms with Crippen molar-refractivity contribution < 1.29 is 13.2 Å². The lowest BCUT2D eigenvalue weighted by Gasteiger charge is -2.11. The molecule has 3 aromatic carbocycles. The van der Waals surface area contributed by atoms with E-state index in [1.54, 1.807) is 60.8 Å². The second kappa shape index (κ2) is 8.77. The first-order valence-corrected chi connectivity index (χ1v) is 12.1. The van der Waals surface area contributed by atoms with Gasteiger partial charge in [-0.05, 0) is 54.6 Å². The largest absolute Gasteiger partial charge is 0.325 e. The SMILES string of the molecule is O=C1Cc2cnc(Nc3ccc(S(=O)(=O)Nc4ccccc4)cc3)nc2-c2ccc(Cl)cc2N1. The third-order valence-electron chi connectivity index (χ3n) is 5.17. The third-order valence-corrected chi connectivity index (χ3v) is 6.81. The summed E-state index contributed by atoms with van der Waals surface area (Å²) in [6.07, 6.45) is 1.75. The minimum atomic E-state index is -3.72. The summed E-state index contributed by atoms with van der Waals surface area (Å²) in [4.78, 5) is 21.3. The van der Waals surface area contributed by atoms with Crippen molar-refractivity contribution in [3.8, 4) is 11.3 Å². The lowest BCUT2D eigenvalue weighted by atomic mass is 10.1. The predicted molar refractivity (Wildman–Crippen MR) is 132 cm³/mol. The van der Waals surface area contributed by atoms with Gasteiger partial charge in [-0.1, -0.05) is 29.8 Å². The van der Waals surface area contributed by atoms with Gasteiger partial charge in [0.25, 0.3) is 10.0 Å². The summed E-state index contributed by atoms with van der Waals surface area (Å²) < 4.78 is 27.8. The minimum Gasteiger partial charge on any atom is -0.325 e. The van der Waals surface area contributed by atoms with E-state index in [0.29, 0.717) is 39.3 Å². The van der Waals surface area contributed by atoms with Gasteiger partial charge in [-0.25, -0.2) is 18.4 Å². The van der Waals surface area contributed by atoms with E-state index in [0.717, 1.165) is 5.56 Å². The Bertz CT molecular complexity index is 1490. The number of anilines is 4. The molecule has 0 atom stereocenters. The minimum absolute atomic E-state index is 0.125. The number of hydrogen-bond acceptors (Lipinski definition) is 6. The fourth-order valence-electron chi connectivity index (χ4n) is 3.59. The third kappa shape index (κ3) is 4.57. The van der Waals surface area contributed by atoms with Gasteiger partial charge in [0.15, 0.2) is 0 Å². The van der Waals surface area contributed by atoms with Crippen molar-refractivity contribution in [2.24, 2.45) is 0 Å². The van der Waals surface area contributed by atoms with Crippen LogP contribution in [-0.2, 0) is 21.2 Å². The molecule has 0 fully saturated rings. The molecule has 0 aliphatic carbocycles. The van der Waals surface area contributed by atoms with E-state index in [1.165, 1.54) is 12.1 Å². The Morgan fingerprint density at radius 2 is 1.71 bits per heavy atom. The van der Waals surface area contributed by atoms with Crippen LogP contribution in [0.25, 0.3) is 11.3 Å². The first-order valence-electron chi connectivity index (χ1n) is 10.3. The van der Waals surface area contributed by atoms with E-state index in [2.05, 4.69) is 25.3 Å². The molecule has 1 aliphatic heterocycles. The summed E-state index contributed by atoms with van der Waals surface area (Å²) in [6.45, 7) is 0. The van der Waals surface area contributed by atoms with Crippen molar-refractivity contribution in [2.45, 2.75) is 11.3 Å². The zero-order valence-corrected chi connectivity index (χ0v) is 19.2. The normalized spacial score (nSPS) is 12.7. The zero-order chi connectivity index (χ0) is 23.7. The summed E-state index contributed by atoms with van der Waals surface area (Å²) >= 11 is 6.09.